The van der Waals surface area contributed by atoms with Gasteiger partial charge < -0.3 is 4.57 Å². The van der Waals surface area contributed by atoms with Crippen molar-refractivity contribution in [2.24, 2.45) is 0 Å². The minimum absolute atomic E-state index is 0.207. The van der Waals surface area contributed by atoms with E-state index in [9.17, 15) is 4.39 Å². The molecule has 0 saturated carbocycles. The highest BCUT2D eigenvalue weighted by Gasteiger charge is 2.00. The van der Waals surface area contributed by atoms with Gasteiger partial charge in [0.1, 0.15) is 5.82 Å². The predicted octanol–water partition coefficient (Wildman–Crippen LogP) is 2.80. The summed E-state index contributed by atoms with van der Waals surface area (Å²) in [6, 6.07) is 6.75. The Balaban J connectivity index is 2.53. The number of halogens is 1. The average molecular weight is 187 g/mol. The van der Waals surface area contributed by atoms with Crippen molar-refractivity contribution in [1.29, 1.82) is 0 Å². The SMILES string of the molecule is CC#CCn1ccc2ccc(F)cc21. The maximum Gasteiger partial charge on any atom is 0.125 e. The molecule has 70 valence electrons. The highest BCUT2D eigenvalue weighted by molar-refractivity contribution is 5.80. The first-order chi connectivity index (χ1) is 6.81. The fraction of sp³-hybridized carbons (Fsp3) is 0.167. The molecule has 1 nitrogen and oxygen atoms in total. The van der Waals surface area contributed by atoms with Crippen LogP contribution < -0.4 is 0 Å². The topological polar surface area (TPSA) is 4.93 Å². The fourth-order valence-electron chi connectivity index (χ4n) is 1.46. The molecule has 1 heterocycles. The van der Waals surface area contributed by atoms with Gasteiger partial charge in [0.25, 0.3) is 0 Å². The Labute approximate surface area is 82.2 Å². The average Bonchev–Trinajstić information content (AvgIpc) is 2.57. The van der Waals surface area contributed by atoms with E-state index in [0.717, 1.165) is 10.9 Å². The highest BCUT2D eigenvalue weighted by Crippen LogP contribution is 2.16. The molecule has 0 atom stereocenters. The molecular formula is C12H10FN. The van der Waals surface area contributed by atoms with Crippen LogP contribution in [0.5, 0.6) is 0 Å². The number of nitrogens with zero attached hydrogens (tertiary/aromatic N) is 1. The van der Waals surface area contributed by atoms with Gasteiger partial charge in [0.2, 0.25) is 0 Å². The molecule has 0 amide bonds. The summed E-state index contributed by atoms with van der Waals surface area (Å²) in [5.41, 5.74) is 0.896. The van der Waals surface area contributed by atoms with Gasteiger partial charge in [-0.3, -0.25) is 0 Å². The maximum atomic E-state index is 13.0. The lowest BCUT2D eigenvalue weighted by Crippen LogP contribution is -1.92. The molecule has 0 radical (unpaired) electrons. The van der Waals surface area contributed by atoms with Crippen LogP contribution in [0.15, 0.2) is 30.5 Å². The van der Waals surface area contributed by atoms with Crippen LogP contribution in [0.25, 0.3) is 10.9 Å². The zero-order valence-electron chi connectivity index (χ0n) is 7.92. The summed E-state index contributed by atoms with van der Waals surface area (Å²) in [7, 11) is 0. The Bertz CT molecular complexity index is 514. The van der Waals surface area contributed by atoms with E-state index >= 15 is 0 Å². The summed E-state index contributed by atoms with van der Waals surface area (Å²) in [5.74, 6) is 5.57. The molecule has 0 N–H and O–H groups in total. The summed E-state index contributed by atoms with van der Waals surface area (Å²) in [6.07, 6.45) is 1.93. The van der Waals surface area contributed by atoms with E-state index in [4.69, 9.17) is 0 Å². The molecule has 0 saturated heterocycles. The second-order valence-electron chi connectivity index (χ2n) is 3.07. The Morgan fingerprint density at radius 3 is 3.00 bits per heavy atom. The van der Waals surface area contributed by atoms with Gasteiger partial charge in [-0.2, -0.15) is 0 Å². The first-order valence-corrected chi connectivity index (χ1v) is 4.45. The molecule has 1 aromatic carbocycles. The lowest BCUT2D eigenvalue weighted by molar-refractivity contribution is 0.628. The molecule has 14 heavy (non-hydrogen) atoms. The molecule has 0 spiro atoms. The number of hydrogen-bond donors (Lipinski definition) is 0. The number of aromatic nitrogens is 1. The minimum atomic E-state index is -0.207. The summed E-state index contributed by atoms with van der Waals surface area (Å²) >= 11 is 0. The lowest BCUT2D eigenvalue weighted by atomic mass is 10.2. The Hall–Kier alpha value is -1.75. The van der Waals surface area contributed by atoms with E-state index in [-0.39, 0.29) is 5.82 Å². The van der Waals surface area contributed by atoms with Crippen molar-refractivity contribution in [3.63, 3.8) is 0 Å². The molecule has 0 unspecified atom stereocenters. The van der Waals surface area contributed by atoms with E-state index in [0.29, 0.717) is 6.54 Å². The molecule has 0 bridgehead atoms. The number of rotatable bonds is 1. The van der Waals surface area contributed by atoms with Gasteiger partial charge in [-0.25, -0.2) is 4.39 Å². The molecule has 0 aliphatic rings. The molecule has 2 rings (SSSR count). The van der Waals surface area contributed by atoms with Crippen LogP contribution in [0.3, 0.4) is 0 Å². The maximum absolute atomic E-state index is 13.0. The molecule has 0 fully saturated rings. The van der Waals surface area contributed by atoms with Gasteiger partial charge in [-0.1, -0.05) is 5.92 Å². The van der Waals surface area contributed by atoms with Gasteiger partial charge in [0.15, 0.2) is 0 Å². The third-order valence-corrected chi connectivity index (χ3v) is 2.16. The van der Waals surface area contributed by atoms with E-state index in [1.807, 2.05) is 16.8 Å². The van der Waals surface area contributed by atoms with Crippen molar-refractivity contribution < 1.29 is 4.39 Å². The second kappa shape index (κ2) is 3.55. The summed E-state index contributed by atoms with van der Waals surface area (Å²) in [5, 5.41) is 1.05. The smallest absolute Gasteiger partial charge is 0.125 e. The van der Waals surface area contributed by atoms with Crippen molar-refractivity contribution in [3.05, 3.63) is 36.3 Å². The van der Waals surface area contributed by atoms with Crippen molar-refractivity contribution in [1.82, 2.24) is 4.57 Å². The molecule has 2 aromatic rings. The van der Waals surface area contributed by atoms with Gasteiger partial charge in [-0.05, 0) is 36.6 Å². The minimum Gasteiger partial charge on any atom is -0.336 e. The van der Waals surface area contributed by atoms with Crippen LogP contribution in [0, 0.1) is 17.7 Å². The molecule has 1 aromatic heterocycles. The molecule has 2 heteroatoms. The van der Waals surface area contributed by atoms with E-state index < -0.39 is 0 Å². The monoisotopic (exact) mass is 187 g/mol. The van der Waals surface area contributed by atoms with Crippen molar-refractivity contribution >= 4 is 10.9 Å². The Kier molecular flexibility index (Phi) is 2.24. The van der Waals surface area contributed by atoms with Crippen LogP contribution in [0.4, 0.5) is 4.39 Å². The number of fused-ring (bicyclic) bond motifs is 1. The third-order valence-electron chi connectivity index (χ3n) is 2.16. The predicted molar refractivity (Wildman–Crippen MR) is 55.3 cm³/mol. The number of hydrogen-bond acceptors (Lipinski definition) is 0. The first-order valence-electron chi connectivity index (χ1n) is 4.45. The van der Waals surface area contributed by atoms with Gasteiger partial charge in [0, 0.05) is 6.20 Å². The highest BCUT2D eigenvalue weighted by atomic mass is 19.1. The van der Waals surface area contributed by atoms with Crippen LogP contribution in [-0.2, 0) is 6.54 Å². The largest absolute Gasteiger partial charge is 0.336 e. The van der Waals surface area contributed by atoms with E-state index in [1.54, 1.807) is 13.0 Å². The third kappa shape index (κ3) is 1.49. The van der Waals surface area contributed by atoms with Crippen LogP contribution >= 0.6 is 0 Å². The van der Waals surface area contributed by atoms with Crippen LogP contribution in [0.1, 0.15) is 6.92 Å². The fourth-order valence-corrected chi connectivity index (χ4v) is 1.46. The standard InChI is InChI=1S/C12H10FN/c1-2-3-7-14-8-6-10-4-5-11(13)9-12(10)14/h4-6,8-9H,7H2,1H3. The van der Waals surface area contributed by atoms with E-state index in [2.05, 4.69) is 11.8 Å². The van der Waals surface area contributed by atoms with E-state index in [1.165, 1.54) is 12.1 Å². The van der Waals surface area contributed by atoms with Crippen LogP contribution in [-0.4, -0.2) is 4.57 Å². The zero-order chi connectivity index (χ0) is 9.97. The van der Waals surface area contributed by atoms with Gasteiger partial charge in [-0.15, -0.1) is 5.92 Å². The molecular weight excluding hydrogens is 177 g/mol. The van der Waals surface area contributed by atoms with Crippen LogP contribution in [0.2, 0.25) is 0 Å². The Morgan fingerprint density at radius 2 is 2.21 bits per heavy atom. The quantitative estimate of drug-likeness (QED) is 0.605. The van der Waals surface area contributed by atoms with Gasteiger partial charge in [0.05, 0.1) is 12.1 Å². The zero-order valence-corrected chi connectivity index (χ0v) is 7.92. The molecule has 0 aliphatic heterocycles. The van der Waals surface area contributed by atoms with Crippen molar-refractivity contribution in [2.75, 3.05) is 0 Å². The summed E-state index contributed by atoms with van der Waals surface area (Å²) in [6.45, 7) is 2.41. The Morgan fingerprint density at radius 1 is 1.36 bits per heavy atom. The number of benzene rings is 1. The van der Waals surface area contributed by atoms with Gasteiger partial charge >= 0.3 is 0 Å². The second-order valence-corrected chi connectivity index (χ2v) is 3.07. The summed E-state index contributed by atoms with van der Waals surface area (Å²) in [4.78, 5) is 0. The lowest BCUT2D eigenvalue weighted by Gasteiger charge is -1.99. The van der Waals surface area contributed by atoms with Crippen molar-refractivity contribution in [3.8, 4) is 11.8 Å². The summed E-state index contributed by atoms with van der Waals surface area (Å²) < 4.78 is 14.9. The normalized spacial score (nSPS) is 9.86. The molecule has 0 aliphatic carbocycles. The van der Waals surface area contributed by atoms with Crippen molar-refractivity contribution in [2.45, 2.75) is 13.5 Å². The first kappa shape index (κ1) is 8.83.